The Bertz CT molecular complexity index is 776. The van der Waals surface area contributed by atoms with Gasteiger partial charge in [-0.25, -0.2) is 0 Å². The highest BCUT2D eigenvalue weighted by molar-refractivity contribution is 5.83. The Hall–Kier alpha value is -2.35. The van der Waals surface area contributed by atoms with Crippen LogP contribution in [0.5, 0.6) is 0 Å². The van der Waals surface area contributed by atoms with Gasteiger partial charge in [-0.05, 0) is 54.7 Å². The molecule has 1 N–H and O–H groups in total. The van der Waals surface area contributed by atoms with Gasteiger partial charge in [0.05, 0.1) is 0 Å². The summed E-state index contributed by atoms with van der Waals surface area (Å²) in [5.41, 5.74) is 7.48. The van der Waals surface area contributed by atoms with Crippen LogP contribution in [0.3, 0.4) is 0 Å². The van der Waals surface area contributed by atoms with Crippen LogP contribution in [0.4, 0.5) is 0 Å². The Balaban J connectivity index is 2.16. The lowest BCUT2D eigenvalue weighted by atomic mass is 9.74. The number of carbonyl (C=O) groups is 1. The molecular formula is C24H28O2. The van der Waals surface area contributed by atoms with Gasteiger partial charge in [-0.1, -0.05) is 79.1 Å². The molecular weight excluding hydrogens is 320 g/mol. The molecule has 136 valence electrons. The van der Waals surface area contributed by atoms with E-state index in [1.807, 2.05) is 0 Å². The third-order valence-corrected chi connectivity index (χ3v) is 5.94. The van der Waals surface area contributed by atoms with Crippen LogP contribution in [0.2, 0.25) is 0 Å². The first kappa shape index (κ1) is 18.4. The summed E-state index contributed by atoms with van der Waals surface area (Å²) in [6.07, 6.45) is 2.14. The molecule has 0 amide bonds. The van der Waals surface area contributed by atoms with Gasteiger partial charge in [0.15, 0.2) is 0 Å². The maximum Gasteiger partial charge on any atom is 0.303 e. The predicted octanol–water partition coefficient (Wildman–Crippen LogP) is 6.02. The van der Waals surface area contributed by atoms with Gasteiger partial charge in [-0.15, -0.1) is 0 Å². The molecule has 1 atom stereocenters. The van der Waals surface area contributed by atoms with E-state index in [1.165, 1.54) is 33.4 Å². The Kier molecular flexibility index (Phi) is 5.04. The number of rotatable bonds is 4. The minimum atomic E-state index is -0.698. The maximum atomic E-state index is 11.3. The monoisotopic (exact) mass is 348 g/mol. The SMILES string of the molecule is Cc1ccc(C(=C2CC[C@H](CC(=O)O)C2(C)C)c2ccc(C)cc2)cc1. The van der Waals surface area contributed by atoms with Crippen LogP contribution in [0.25, 0.3) is 5.57 Å². The first-order valence-corrected chi connectivity index (χ1v) is 9.38. The van der Waals surface area contributed by atoms with Crippen molar-refractivity contribution in [1.82, 2.24) is 0 Å². The smallest absolute Gasteiger partial charge is 0.303 e. The molecule has 0 heterocycles. The highest BCUT2D eigenvalue weighted by atomic mass is 16.4. The average Bonchev–Trinajstić information content (AvgIpc) is 2.86. The first-order valence-electron chi connectivity index (χ1n) is 9.38. The second kappa shape index (κ2) is 7.11. The summed E-state index contributed by atoms with van der Waals surface area (Å²) >= 11 is 0. The van der Waals surface area contributed by atoms with Crippen molar-refractivity contribution in [2.45, 2.75) is 47.0 Å². The van der Waals surface area contributed by atoms with Gasteiger partial charge in [0.25, 0.3) is 0 Å². The zero-order valence-corrected chi connectivity index (χ0v) is 16.2. The van der Waals surface area contributed by atoms with Gasteiger partial charge in [0, 0.05) is 6.42 Å². The fourth-order valence-corrected chi connectivity index (χ4v) is 4.22. The summed E-state index contributed by atoms with van der Waals surface area (Å²) < 4.78 is 0. The van der Waals surface area contributed by atoms with E-state index in [2.05, 4.69) is 76.2 Å². The van der Waals surface area contributed by atoms with E-state index in [0.717, 1.165) is 12.8 Å². The number of aryl methyl sites for hydroxylation is 2. The molecule has 0 aliphatic heterocycles. The van der Waals surface area contributed by atoms with Crippen molar-refractivity contribution in [2.24, 2.45) is 11.3 Å². The summed E-state index contributed by atoms with van der Waals surface area (Å²) in [6.45, 7) is 8.63. The molecule has 0 spiro atoms. The van der Waals surface area contributed by atoms with Crippen molar-refractivity contribution in [1.29, 1.82) is 0 Å². The van der Waals surface area contributed by atoms with Crippen molar-refractivity contribution in [2.75, 3.05) is 0 Å². The molecule has 2 aromatic carbocycles. The molecule has 3 rings (SSSR count). The van der Waals surface area contributed by atoms with E-state index in [0.29, 0.717) is 0 Å². The number of carboxylic acids is 1. The molecule has 0 bridgehead atoms. The zero-order chi connectivity index (χ0) is 18.9. The lowest BCUT2D eigenvalue weighted by Gasteiger charge is -2.30. The van der Waals surface area contributed by atoms with Crippen LogP contribution >= 0.6 is 0 Å². The molecule has 2 heteroatoms. The Morgan fingerprint density at radius 3 is 1.85 bits per heavy atom. The number of hydrogen-bond acceptors (Lipinski definition) is 1. The Labute approximate surface area is 156 Å². The van der Waals surface area contributed by atoms with E-state index in [9.17, 15) is 9.90 Å². The summed E-state index contributed by atoms with van der Waals surface area (Å²) in [5.74, 6) is -0.516. The Morgan fingerprint density at radius 1 is 0.962 bits per heavy atom. The molecule has 0 unspecified atom stereocenters. The van der Waals surface area contributed by atoms with Crippen LogP contribution in [0, 0.1) is 25.2 Å². The third kappa shape index (κ3) is 3.60. The summed E-state index contributed by atoms with van der Waals surface area (Å²) in [4.78, 5) is 11.3. The van der Waals surface area contributed by atoms with Crippen LogP contribution in [-0.4, -0.2) is 11.1 Å². The lowest BCUT2D eigenvalue weighted by Crippen LogP contribution is -2.23. The molecule has 2 nitrogen and oxygen atoms in total. The number of benzene rings is 2. The van der Waals surface area contributed by atoms with Gasteiger partial charge in [-0.2, -0.15) is 0 Å². The molecule has 26 heavy (non-hydrogen) atoms. The van der Waals surface area contributed by atoms with Gasteiger partial charge >= 0.3 is 5.97 Å². The van der Waals surface area contributed by atoms with E-state index in [1.54, 1.807) is 0 Å². The van der Waals surface area contributed by atoms with Crippen molar-refractivity contribution in [3.05, 3.63) is 76.4 Å². The standard InChI is InChI=1S/C24H28O2/c1-16-5-9-18(10-6-16)23(19-11-7-17(2)8-12-19)21-14-13-20(15-22(25)26)24(21,3)4/h5-12,20H,13-15H2,1-4H3,(H,25,26)/t20-/m1/s1. The van der Waals surface area contributed by atoms with Crippen molar-refractivity contribution >= 4 is 11.5 Å². The summed E-state index contributed by atoms with van der Waals surface area (Å²) in [7, 11) is 0. The second-order valence-corrected chi connectivity index (χ2v) is 8.14. The van der Waals surface area contributed by atoms with Crippen LogP contribution in [0.15, 0.2) is 54.1 Å². The van der Waals surface area contributed by atoms with Gasteiger partial charge in [0.2, 0.25) is 0 Å². The predicted molar refractivity (Wildman–Crippen MR) is 107 cm³/mol. The molecule has 1 saturated carbocycles. The van der Waals surface area contributed by atoms with Gasteiger partial charge in [0.1, 0.15) is 0 Å². The molecule has 0 radical (unpaired) electrons. The topological polar surface area (TPSA) is 37.3 Å². The van der Waals surface area contributed by atoms with Crippen molar-refractivity contribution < 1.29 is 9.90 Å². The number of hydrogen-bond donors (Lipinski definition) is 1. The van der Waals surface area contributed by atoms with Crippen LogP contribution in [-0.2, 0) is 4.79 Å². The van der Waals surface area contributed by atoms with E-state index >= 15 is 0 Å². The van der Waals surface area contributed by atoms with E-state index in [-0.39, 0.29) is 17.8 Å². The normalized spacial score (nSPS) is 18.8. The van der Waals surface area contributed by atoms with Crippen LogP contribution < -0.4 is 0 Å². The summed E-state index contributed by atoms with van der Waals surface area (Å²) in [5, 5.41) is 9.31. The van der Waals surface area contributed by atoms with Gasteiger partial charge in [-0.3, -0.25) is 4.79 Å². The van der Waals surface area contributed by atoms with Crippen LogP contribution in [0.1, 0.15) is 55.4 Å². The molecule has 1 fully saturated rings. The molecule has 2 aromatic rings. The minimum absolute atomic E-state index is 0.122. The third-order valence-electron chi connectivity index (χ3n) is 5.94. The molecule has 1 aliphatic rings. The maximum absolute atomic E-state index is 11.3. The number of allylic oxidation sites excluding steroid dienone is 1. The second-order valence-electron chi connectivity index (χ2n) is 8.14. The fraction of sp³-hybridized carbons (Fsp3) is 0.375. The average molecular weight is 348 g/mol. The van der Waals surface area contributed by atoms with Crippen molar-refractivity contribution in [3.63, 3.8) is 0 Å². The Morgan fingerprint density at radius 2 is 1.42 bits per heavy atom. The highest BCUT2D eigenvalue weighted by Crippen LogP contribution is 2.52. The van der Waals surface area contributed by atoms with Gasteiger partial charge < -0.3 is 5.11 Å². The largest absolute Gasteiger partial charge is 0.481 e. The fourth-order valence-electron chi connectivity index (χ4n) is 4.22. The quantitative estimate of drug-likeness (QED) is 0.734. The van der Waals surface area contributed by atoms with E-state index in [4.69, 9.17) is 0 Å². The summed E-state index contributed by atoms with van der Waals surface area (Å²) in [6, 6.07) is 17.4. The zero-order valence-electron chi connectivity index (χ0n) is 16.2. The minimum Gasteiger partial charge on any atom is -0.481 e. The number of aliphatic carboxylic acids is 1. The van der Waals surface area contributed by atoms with Crippen molar-refractivity contribution in [3.8, 4) is 0 Å². The lowest BCUT2D eigenvalue weighted by molar-refractivity contribution is -0.138. The highest BCUT2D eigenvalue weighted by Gasteiger charge is 2.41. The molecule has 1 aliphatic carbocycles. The van der Waals surface area contributed by atoms with E-state index < -0.39 is 5.97 Å². The molecule has 0 saturated heterocycles. The number of carboxylic acid groups (broad SMARTS) is 1. The first-order chi connectivity index (χ1) is 12.3. The molecule has 0 aromatic heterocycles.